The Bertz CT molecular complexity index is 1960. The van der Waals surface area contributed by atoms with Crippen LogP contribution in [0, 0.1) is 10.1 Å². The zero-order valence-corrected chi connectivity index (χ0v) is 27.7. The number of halogens is 11. The molecule has 21 heteroatoms. The smallest absolute Gasteiger partial charge is 0.346 e. The second kappa shape index (κ2) is 15.3. The van der Waals surface area contributed by atoms with Crippen LogP contribution in [0.1, 0.15) is 27.2 Å². The zero-order valence-electron chi connectivity index (χ0n) is 23.1. The van der Waals surface area contributed by atoms with Gasteiger partial charge in [-0.3, -0.25) is 24.6 Å². The molecule has 0 saturated heterocycles. The Morgan fingerprint density at radius 3 is 1.96 bits per heavy atom. The van der Waals surface area contributed by atoms with Gasteiger partial charge in [-0.05, 0) is 42.5 Å². The number of non-ortho nitro benzene ring substituents is 1. The summed E-state index contributed by atoms with van der Waals surface area (Å²) in [6, 6.07) is 10.3. The van der Waals surface area contributed by atoms with Gasteiger partial charge in [0.2, 0.25) is 0 Å². The fraction of sp³-hybridized carbons (Fsp3) is 0.111. The van der Waals surface area contributed by atoms with E-state index in [1.165, 1.54) is 12.1 Å². The van der Waals surface area contributed by atoms with Crippen LogP contribution in [0.4, 0.5) is 37.7 Å². The quantitative estimate of drug-likeness (QED) is 0.109. The molecule has 0 bridgehead atoms. The lowest BCUT2D eigenvalue weighted by atomic mass is 10.2. The van der Waals surface area contributed by atoms with Gasteiger partial charge in [-0.15, -0.1) is 0 Å². The molecule has 0 unspecified atom stereocenters. The molecule has 0 saturated carbocycles. The molecule has 9 nitrogen and oxygen atoms in total. The SMILES string of the molecule is O=C(NCc1ncc(C(F)(F)F)cc1Cl)c1c(Cl)cccc1Cl.O=[N+]([O-])c1ccc(NS(=O)(=O)c2ccc(Cl)c(C(F)(F)F)c2)c(Cl)c1. The number of nitrogens with one attached hydrogen (secondary N) is 2. The van der Waals surface area contributed by atoms with Gasteiger partial charge in [-0.2, -0.15) is 26.3 Å². The number of carbonyl (C=O) groups is 1. The summed E-state index contributed by atoms with van der Waals surface area (Å²) in [5.74, 6) is -0.585. The van der Waals surface area contributed by atoms with Gasteiger partial charge in [0.25, 0.3) is 21.6 Å². The Balaban J connectivity index is 0.000000261. The Morgan fingerprint density at radius 1 is 0.812 bits per heavy atom. The largest absolute Gasteiger partial charge is 0.417 e. The summed E-state index contributed by atoms with van der Waals surface area (Å²) < 4.78 is 103. The average Bonchev–Trinajstić information content (AvgIpc) is 2.96. The first-order valence-electron chi connectivity index (χ1n) is 12.4. The second-order valence-corrected chi connectivity index (χ2v) is 12.8. The lowest BCUT2D eigenvalue weighted by Crippen LogP contribution is -2.24. The molecule has 0 aliphatic carbocycles. The van der Waals surface area contributed by atoms with E-state index >= 15 is 0 Å². The van der Waals surface area contributed by atoms with Crippen LogP contribution in [-0.4, -0.2) is 24.2 Å². The van der Waals surface area contributed by atoms with Crippen molar-refractivity contribution in [3.8, 4) is 0 Å². The topological polar surface area (TPSA) is 131 Å². The zero-order chi connectivity index (χ0) is 36.2. The predicted octanol–water partition coefficient (Wildman–Crippen LogP) is 9.71. The van der Waals surface area contributed by atoms with Gasteiger partial charge >= 0.3 is 12.4 Å². The minimum Gasteiger partial charge on any atom is -0.346 e. The Labute approximate surface area is 291 Å². The predicted molar refractivity (Wildman–Crippen MR) is 167 cm³/mol. The van der Waals surface area contributed by atoms with Gasteiger partial charge in [0, 0.05) is 18.3 Å². The first kappa shape index (κ1) is 38.9. The van der Waals surface area contributed by atoms with E-state index in [1.807, 2.05) is 4.72 Å². The Morgan fingerprint density at radius 2 is 1.44 bits per heavy atom. The summed E-state index contributed by atoms with van der Waals surface area (Å²) in [5.41, 5.74) is -2.72. The lowest BCUT2D eigenvalue weighted by molar-refractivity contribution is -0.384. The summed E-state index contributed by atoms with van der Waals surface area (Å²) in [7, 11) is -4.43. The molecule has 0 aliphatic rings. The number of benzene rings is 3. The summed E-state index contributed by atoms with van der Waals surface area (Å²) >= 11 is 28.8. The molecule has 256 valence electrons. The minimum atomic E-state index is -4.84. The van der Waals surface area contributed by atoms with Crippen molar-refractivity contribution >= 4 is 85.3 Å². The van der Waals surface area contributed by atoms with Crippen molar-refractivity contribution in [3.05, 3.63) is 124 Å². The number of hydrogen-bond acceptors (Lipinski definition) is 6. The van der Waals surface area contributed by atoms with Crippen molar-refractivity contribution < 1.29 is 44.5 Å². The molecular formula is C27H15Cl5F6N4O5S. The molecule has 0 atom stereocenters. The molecule has 1 amide bonds. The second-order valence-electron chi connectivity index (χ2n) is 9.10. The maximum Gasteiger partial charge on any atom is 0.417 e. The fourth-order valence-electron chi connectivity index (χ4n) is 3.51. The third-order valence-corrected chi connectivity index (χ3v) is 8.77. The molecule has 48 heavy (non-hydrogen) atoms. The fourth-order valence-corrected chi connectivity index (χ4v) is 5.92. The summed E-state index contributed by atoms with van der Waals surface area (Å²) in [6.45, 7) is -0.169. The number of nitrogens with zero attached hydrogens (tertiary/aromatic N) is 2. The van der Waals surface area contributed by atoms with Crippen LogP contribution in [0.25, 0.3) is 0 Å². The van der Waals surface area contributed by atoms with Crippen LogP contribution in [0.5, 0.6) is 0 Å². The number of amides is 1. The number of anilines is 1. The number of nitro benzene ring substituents is 1. The maximum absolute atomic E-state index is 12.8. The van der Waals surface area contributed by atoms with Gasteiger partial charge in [-0.25, -0.2) is 8.42 Å². The maximum atomic E-state index is 12.8. The van der Waals surface area contributed by atoms with E-state index in [2.05, 4.69) is 10.3 Å². The molecule has 2 N–H and O–H groups in total. The van der Waals surface area contributed by atoms with E-state index < -0.39 is 54.3 Å². The van der Waals surface area contributed by atoms with Crippen LogP contribution in [0.15, 0.2) is 71.8 Å². The number of aromatic nitrogens is 1. The van der Waals surface area contributed by atoms with Crippen LogP contribution in [-0.2, 0) is 28.9 Å². The van der Waals surface area contributed by atoms with E-state index in [0.29, 0.717) is 12.3 Å². The van der Waals surface area contributed by atoms with Gasteiger partial charge in [-0.1, -0.05) is 64.1 Å². The highest BCUT2D eigenvalue weighted by atomic mass is 35.5. The van der Waals surface area contributed by atoms with E-state index in [0.717, 1.165) is 36.4 Å². The number of nitro groups is 1. The summed E-state index contributed by atoms with van der Waals surface area (Å²) in [4.78, 5) is 24.9. The molecule has 4 rings (SSSR count). The van der Waals surface area contributed by atoms with Crippen molar-refractivity contribution in [2.45, 2.75) is 23.8 Å². The van der Waals surface area contributed by atoms with Crippen LogP contribution in [0.2, 0.25) is 25.1 Å². The molecule has 0 aliphatic heterocycles. The van der Waals surface area contributed by atoms with Crippen molar-refractivity contribution in [3.63, 3.8) is 0 Å². The highest BCUT2D eigenvalue weighted by Gasteiger charge is 2.35. The Hall–Kier alpha value is -3.54. The van der Waals surface area contributed by atoms with Crippen molar-refractivity contribution in [1.82, 2.24) is 10.3 Å². The van der Waals surface area contributed by atoms with Crippen LogP contribution >= 0.6 is 58.0 Å². The highest BCUT2D eigenvalue weighted by molar-refractivity contribution is 7.92. The van der Waals surface area contributed by atoms with E-state index in [9.17, 15) is 49.7 Å². The van der Waals surface area contributed by atoms with E-state index in [1.54, 1.807) is 6.07 Å². The normalized spacial score (nSPS) is 11.7. The first-order valence-corrected chi connectivity index (χ1v) is 15.8. The van der Waals surface area contributed by atoms with E-state index in [4.69, 9.17) is 58.0 Å². The number of hydrogen-bond donors (Lipinski definition) is 2. The molecule has 3 aromatic carbocycles. The third kappa shape index (κ3) is 9.99. The van der Waals surface area contributed by atoms with E-state index in [-0.39, 0.29) is 49.3 Å². The standard InChI is InChI=1S/C14H8Cl3F3N2O.C13H7Cl2F3N2O4S/c15-8-2-1-3-9(16)12(8)13(23)22-6-11-10(17)4-7(5-21-11)14(18,19)20;14-10-3-2-8(6-9(10)13(16,17)18)25(23,24)19-12-4-1-7(20(21)22)5-11(12)15/h1-5H,6H2,(H,22,23);1-6,19H. The summed E-state index contributed by atoms with van der Waals surface area (Å²) in [5, 5.41) is 12.2. The molecule has 1 heterocycles. The molecule has 1 aromatic heterocycles. The molecular weight excluding hydrogens is 784 g/mol. The minimum absolute atomic E-state index is 0.0684. The summed E-state index contributed by atoms with van der Waals surface area (Å²) in [6.07, 6.45) is -8.73. The number of rotatable bonds is 7. The van der Waals surface area contributed by atoms with Gasteiger partial charge in [0.15, 0.2) is 0 Å². The van der Waals surface area contributed by atoms with Crippen LogP contribution in [0.3, 0.4) is 0 Å². The number of pyridine rings is 1. The third-order valence-electron chi connectivity index (χ3n) is 5.81. The number of carbonyl (C=O) groups excluding carboxylic acids is 1. The first-order chi connectivity index (χ1) is 22.1. The van der Waals surface area contributed by atoms with Gasteiger partial charge < -0.3 is 5.32 Å². The lowest BCUT2D eigenvalue weighted by Gasteiger charge is -2.13. The van der Waals surface area contributed by atoms with Gasteiger partial charge in [0.05, 0.1) is 69.5 Å². The molecule has 4 aromatic rings. The number of alkyl halides is 6. The monoisotopic (exact) mass is 796 g/mol. The molecule has 0 fully saturated rings. The Kier molecular flexibility index (Phi) is 12.4. The number of sulfonamides is 1. The molecule has 0 spiro atoms. The van der Waals surface area contributed by atoms with Crippen molar-refractivity contribution in [1.29, 1.82) is 0 Å². The highest BCUT2D eigenvalue weighted by Crippen LogP contribution is 2.37. The van der Waals surface area contributed by atoms with Crippen LogP contribution < -0.4 is 10.0 Å². The van der Waals surface area contributed by atoms with Crippen molar-refractivity contribution in [2.24, 2.45) is 0 Å². The van der Waals surface area contributed by atoms with Gasteiger partial charge in [0.1, 0.15) is 0 Å². The molecule has 0 radical (unpaired) electrons. The average molecular weight is 799 g/mol. The van der Waals surface area contributed by atoms with Crippen molar-refractivity contribution in [2.75, 3.05) is 4.72 Å².